The Morgan fingerprint density at radius 1 is 1.29 bits per heavy atom. The van der Waals surface area contributed by atoms with Gasteiger partial charge in [0, 0.05) is 24.7 Å². The minimum atomic E-state index is -3.65. The molecule has 1 rings (SSSR count). The lowest BCUT2D eigenvalue weighted by Gasteiger charge is -2.23. The Labute approximate surface area is 137 Å². The zero-order valence-electron chi connectivity index (χ0n) is 12.8. The fourth-order valence-corrected chi connectivity index (χ4v) is 4.59. The fourth-order valence-electron chi connectivity index (χ4n) is 2.07. The van der Waals surface area contributed by atoms with Gasteiger partial charge in [-0.1, -0.05) is 44.0 Å². The van der Waals surface area contributed by atoms with Crippen LogP contribution in [0.1, 0.15) is 26.3 Å². The Kier molecular flexibility index (Phi) is 6.94. The summed E-state index contributed by atoms with van der Waals surface area (Å²) in [6.45, 7) is 7.06. The predicted octanol–water partition coefficient (Wildman–Crippen LogP) is 3.38. The molecule has 7 heteroatoms. The number of rotatable bonds is 7. The zero-order chi connectivity index (χ0) is 16.2. The molecule has 0 spiro atoms. The standard InChI is InChI=1S/C14H22Cl2N2O2S/c1-5-18(9-10(2)3)21(19,20)13-7-12(15)6-11(8-17-4)14(13)16/h6-7,10,17H,5,8-9H2,1-4H3. The minimum absolute atomic E-state index is 0.0735. The van der Waals surface area contributed by atoms with Gasteiger partial charge in [-0.25, -0.2) is 8.42 Å². The SMILES string of the molecule is CCN(CC(C)C)S(=O)(=O)c1cc(Cl)cc(CNC)c1Cl. The zero-order valence-corrected chi connectivity index (χ0v) is 15.1. The number of halogens is 2. The molecule has 0 bridgehead atoms. The Hall–Kier alpha value is -0.330. The molecule has 120 valence electrons. The Morgan fingerprint density at radius 3 is 2.38 bits per heavy atom. The van der Waals surface area contributed by atoms with Crippen LogP contribution < -0.4 is 5.32 Å². The van der Waals surface area contributed by atoms with Crippen LogP contribution >= 0.6 is 23.2 Å². The van der Waals surface area contributed by atoms with Crippen molar-refractivity contribution >= 4 is 33.2 Å². The van der Waals surface area contributed by atoms with E-state index in [0.717, 1.165) is 0 Å². The molecule has 0 aliphatic carbocycles. The summed E-state index contributed by atoms with van der Waals surface area (Å²) in [5, 5.41) is 3.55. The maximum absolute atomic E-state index is 12.8. The van der Waals surface area contributed by atoms with E-state index in [1.165, 1.54) is 10.4 Å². The minimum Gasteiger partial charge on any atom is -0.316 e. The van der Waals surface area contributed by atoms with Gasteiger partial charge in [0.05, 0.1) is 5.02 Å². The van der Waals surface area contributed by atoms with Crippen LogP contribution in [0.2, 0.25) is 10.0 Å². The molecule has 0 atom stereocenters. The van der Waals surface area contributed by atoms with Gasteiger partial charge in [-0.05, 0) is 30.7 Å². The second-order valence-electron chi connectivity index (χ2n) is 5.26. The summed E-state index contributed by atoms with van der Waals surface area (Å²) in [5.74, 6) is 0.231. The lowest BCUT2D eigenvalue weighted by molar-refractivity contribution is 0.381. The van der Waals surface area contributed by atoms with Crippen molar-refractivity contribution in [1.82, 2.24) is 9.62 Å². The smallest absolute Gasteiger partial charge is 0.244 e. The first-order valence-corrected chi connectivity index (χ1v) is 9.06. The van der Waals surface area contributed by atoms with Crippen LogP contribution in [0.5, 0.6) is 0 Å². The van der Waals surface area contributed by atoms with Crippen LogP contribution in [0.4, 0.5) is 0 Å². The van der Waals surface area contributed by atoms with Crippen molar-refractivity contribution in [3.63, 3.8) is 0 Å². The molecule has 0 saturated heterocycles. The van der Waals surface area contributed by atoms with Crippen LogP contribution in [-0.2, 0) is 16.6 Å². The molecule has 0 unspecified atom stereocenters. The third-order valence-corrected chi connectivity index (χ3v) is 5.73. The first kappa shape index (κ1) is 18.7. The summed E-state index contributed by atoms with van der Waals surface area (Å²) < 4.78 is 27.0. The molecule has 0 aliphatic rings. The van der Waals surface area contributed by atoms with Crippen molar-refractivity contribution in [2.45, 2.75) is 32.2 Å². The molecule has 0 aliphatic heterocycles. The molecule has 0 heterocycles. The molecule has 1 N–H and O–H groups in total. The monoisotopic (exact) mass is 352 g/mol. The van der Waals surface area contributed by atoms with Gasteiger partial charge >= 0.3 is 0 Å². The molecule has 4 nitrogen and oxygen atoms in total. The summed E-state index contributed by atoms with van der Waals surface area (Å²) >= 11 is 12.3. The van der Waals surface area contributed by atoms with Crippen LogP contribution in [0.15, 0.2) is 17.0 Å². The van der Waals surface area contributed by atoms with E-state index in [-0.39, 0.29) is 15.8 Å². The van der Waals surface area contributed by atoms with Gasteiger partial charge < -0.3 is 5.32 Å². The largest absolute Gasteiger partial charge is 0.316 e. The van der Waals surface area contributed by atoms with Crippen LogP contribution in [-0.4, -0.2) is 32.9 Å². The van der Waals surface area contributed by atoms with Crippen molar-refractivity contribution in [1.29, 1.82) is 0 Å². The second kappa shape index (κ2) is 7.79. The van der Waals surface area contributed by atoms with Crippen LogP contribution in [0.25, 0.3) is 0 Å². The maximum Gasteiger partial charge on any atom is 0.244 e. The first-order valence-electron chi connectivity index (χ1n) is 6.86. The van der Waals surface area contributed by atoms with Gasteiger partial charge in [0.25, 0.3) is 0 Å². The van der Waals surface area contributed by atoms with Crippen molar-refractivity contribution < 1.29 is 8.42 Å². The van der Waals surface area contributed by atoms with E-state index in [4.69, 9.17) is 23.2 Å². The summed E-state index contributed by atoms with van der Waals surface area (Å²) in [5.41, 5.74) is 0.672. The van der Waals surface area contributed by atoms with E-state index in [2.05, 4.69) is 5.32 Å². The summed E-state index contributed by atoms with van der Waals surface area (Å²) in [6.07, 6.45) is 0. The van der Waals surface area contributed by atoms with Crippen molar-refractivity contribution in [3.05, 3.63) is 27.7 Å². The quantitative estimate of drug-likeness (QED) is 0.818. The Morgan fingerprint density at radius 2 is 1.90 bits per heavy atom. The van der Waals surface area contributed by atoms with Crippen molar-refractivity contribution in [3.8, 4) is 0 Å². The number of nitrogens with zero attached hydrogens (tertiary/aromatic N) is 1. The van der Waals surface area contributed by atoms with E-state index in [0.29, 0.717) is 30.2 Å². The van der Waals surface area contributed by atoms with Crippen molar-refractivity contribution in [2.24, 2.45) is 5.92 Å². The highest BCUT2D eigenvalue weighted by Gasteiger charge is 2.27. The molecule has 1 aromatic carbocycles. The Bertz CT molecular complexity index is 589. The van der Waals surface area contributed by atoms with Crippen molar-refractivity contribution in [2.75, 3.05) is 20.1 Å². The molecular formula is C14H22Cl2N2O2S. The van der Waals surface area contributed by atoms with E-state index < -0.39 is 10.0 Å². The number of sulfonamides is 1. The summed E-state index contributed by atoms with van der Waals surface area (Å²) in [4.78, 5) is 0.0735. The average molecular weight is 353 g/mol. The molecule has 21 heavy (non-hydrogen) atoms. The van der Waals surface area contributed by atoms with Crippen LogP contribution in [0.3, 0.4) is 0 Å². The van der Waals surface area contributed by atoms with E-state index >= 15 is 0 Å². The first-order chi connectivity index (χ1) is 9.73. The number of hydrogen-bond acceptors (Lipinski definition) is 3. The molecule has 0 saturated carbocycles. The predicted molar refractivity (Wildman–Crippen MR) is 88.5 cm³/mol. The molecule has 0 radical (unpaired) electrons. The lowest BCUT2D eigenvalue weighted by Crippen LogP contribution is -2.34. The molecule has 0 aromatic heterocycles. The number of nitrogens with one attached hydrogen (secondary N) is 1. The summed E-state index contributed by atoms with van der Waals surface area (Å²) in [7, 11) is -1.88. The Balaban J connectivity index is 3.36. The molecule has 0 amide bonds. The number of benzene rings is 1. The number of hydrogen-bond donors (Lipinski definition) is 1. The molecular weight excluding hydrogens is 331 g/mol. The lowest BCUT2D eigenvalue weighted by atomic mass is 10.2. The highest BCUT2D eigenvalue weighted by Crippen LogP contribution is 2.31. The van der Waals surface area contributed by atoms with Gasteiger partial charge in [0.15, 0.2) is 0 Å². The van der Waals surface area contributed by atoms with Gasteiger partial charge in [0.1, 0.15) is 4.90 Å². The topological polar surface area (TPSA) is 49.4 Å². The molecule has 1 aromatic rings. The van der Waals surface area contributed by atoms with E-state index in [1.807, 2.05) is 20.8 Å². The van der Waals surface area contributed by atoms with Crippen LogP contribution in [0, 0.1) is 5.92 Å². The average Bonchev–Trinajstić information content (AvgIpc) is 2.39. The maximum atomic E-state index is 12.8. The van der Waals surface area contributed by atoms with Gasteiger partial charge in [-0.15, -0.1) is 0 Å². The van der Waals surface area contributed by atoms with E-state index in [1.54, 1.807) is 13.1 Å². The normalized spacial score (nSPS) is 12.4. The highest BCUT2D eigenvalue weighted by molar-refractivity contribution is 7.89. The highest BCUT2D eigenvalue weighted by atomic mass is 35.5. The van der Waals surface area contributed by atoms with Gasteiger partial charge in [-0.3, -0.25) is 0 Å². The van der Waals surface area contributed by atoms with Gasteiger partial charge in [0.2, 0.25) is 10.0 Å². The van der Waals surface area contributed by atoms with Gasteiger partial charge in [-0.2, -0.15) is 4.31 Å². The third kappa shape index (κ3) is 4.57. The third-order valence-electron chi connectivity index (χ3n) is 2.99. The summed E-state index contributed by atoms with van der Waals surface area (Å²) in [6, 6.07) is 3.10. The second-order valence-corrected chi connectivity index (χ2v) is 7.98. The molecule has 0 fully saturated rings. The fraction of sp³-hybridized carbons (Fsp3) is 0.571. The van der Waals surface area contributed by atoms with E-state index in [9.17, 15) is 8.42 Å².